The van der Waals surface area contributed by atoms with Gasteiger partial charge >= 0.3 is 6.16 Å². The van der Waals surface area contributed by atoms with Gasteiger partial charge in [-0.2, -0.15) is 0 Å². The molecule has 2 aromatic rings. The minimum absolute atomic E-state index is 0.0309. The number of carbonyl (C=O) groups excluding carboxylic acids is 2. The molecule has 2 saturated heterocycles. The van der Waals surface area contributed by atoms with E-state index in [-0.39, 0.29) is 24.5 Å². The Morgan fingerprint density at radius 3 is 2.24 bits per heavy atom. The van der Waals surface area contributed by atoms with E-state index >= 15 is 0 Å². The molecule has 0 aromatic heterocycles. The molecule has 0 bridgehead atoms. The van der Waals surface area contributed by atoms with Crippen LogP contribution in [0.1, 0.15) is 42.7 Å². The summed E-state index contributed by atoms with van der Waals surface area (Å²) in [6.07, 6.45) is 5.61. The van der Waals surface area contributed by atoms with Crippen LogP contribution in [0, 0.1) is 17.6 Å². The van der Waals surface area contributed by atoms with Gasteiger partial charge in [0, 0.05) is 36.3 Å². The van der Waals surface area contributed by atoms with Gasteiger partial charge in [-0.3, -0.25) is 9.69 Å². The van der Waals surface area contributed by atoms with Crippen molar-refractivity contribution in [2.75, 3.05) is 39.9 Å². The molecule has 0 saturated carbocycles. The molecule has 1 amide bonds. The van der Waals surface area contributed by atoms with Crippen LogP contribution in [0.15, 0.2) is 48.5 Å². The summed E-state index contributed by atoms with van der Waals surface area (Å²) in [5, 5.41) is 0.731. The van der Waals surface area contributed by atoms with E-state index in [1.807, 2.05) is 12.1 Å². The van der Waals surface area contributed by atoms with Crippen molar-refractivity contribution in [3.05, 3.63) is 76.3 Å². The maximum Gasteiger partial charge on any atom is 0.508 e. The number of hydrogen-bond acceptors (Lipinski definition) is 5. The van der Waals surface area contributed by atoms with E-state index in [0.717, 1.165) is 49.9 Å². The lowest BCUT2D eigenvalue weighted by Gasteiger charge is -2.43. The van der Waals surface area contributed by atoms with Crippen molar-refractivity contribution in [3.8, 4) is 0 Å². The number of benzene rings is 2. The molecule has 6 nitrogen and oxygen atoms in total. The first-order chi connectivity index (χ1) is 18.3. The van der Waals surface area contributed by atoms with Gasteiger partial charge in [-0.15, -0.1) is 0 Å². The van der Waals surface area contributed by atoms with Crippen LogP contribution >= 0.6 is 11.6 Å². The molecule has 4 rings (SSSR count). The van der Waals surface area contributed by atoms with Crippen LogP contribution in [0.25, 0.3) is 6.08 Å². The number of methoxy groups -OCH3 is 1. The lowest BCUT2D eigenvalue weighted by molar-refractivity contribution is -0.127. The highest BCUT2D eigenvalue weighted by Gasteiger charge is 2.35. The highest BCUT2D eigenvalue weighted by molar-refractivity contribution is 6.30. The topological polar surface area (TPSA) is 59.1 Å². The van der Waals surface area contributed by atoms with Crippen LogP contribution in [0.3, 0.4) is 0 Å². The van der Waals surface area contributed by atoms with Crippen LogP contribution in [0.5, 0.6) is 0 Å². The Bertz CT molecular complexity index is 1110. The van der Waals surface area contributed by atoms with Gasteiger partial charge in [0.1, 0.15) is 18.2 Å². The molecule has 2 heterocycles. The number of carbonyl (C=O) groups is 2. The maximum absolute atomic E-state index is 13.4. The molecule has 38 heavy (non-hydrogen) atoms. The number of amides is 1. The van der Waals surface area contributed by atoms with Crippen molar-refractivity contribution < 1.29 is 27.8 Å². The molecule has 0 N–H and O–H groups in total. The summed E-state index contributed by atoms with van der Waals surface area (Å²) in [6.45, 7) is 3.12. The largest absolute Gasteiger partial charge is 0.508 e. The Hall–Kier alpha value is -2.97. The Morgan fingerprint density at radius 1 is 1.00 bits per heavy atom. The first-order valence-electron chi connectivity index (χ1n) is 13.0. The van der Waals surface area contributed by atoms with E-state index in [9.17, 15) is 18.4 Å². The van der Waals surface area contributed by atoms with E-state index in [1.54, 1.807) is 4.90 Å². The molecule has 1 atom stereocenters. The molecule has 2 aromatic carbocycles. The van der Waals surface area contributed by atoms with E-state index < -0.39 is 17.8 Å². The number of hydrogen-bond donors (Lipinski definition) is 0. The standard InChI is InChI=1S/C29H33ClF2N2O4/c1-37-29(36)38-19-27(33-12-8-22(9-13-33)21-3-5-24(30)6-4-21)23-10-14-34(15-11-23)28(35)7-2-20-16-25(31)18-26(32)17-20/h2-7,16-18,22-23,27H,8-15,19H2,1H3/b7-2+. The highest BCUT2D eigenvalue weighted by atomic mass is 35.5. The van der Waals surface area contributed by atoms with Crippen LogP contribution in [-0.4, -0.2) is 67.8 Å². The Balaban J connectivity index is 1.34. The van der Waals surface area contributed by atoms with Gasteiger partial charge < -0.3 is 14.4 Å². The summed E-state index contributed by atoms with van der Waals surface area (Å²) >= 11 is 6.04. The van der Waals surface area contributed by atoms with Crippen molar-refractivity contribution >= 4 is 29.7 Å². The van der Waals surface area contributed by atoms with Crippen molar-refractivity contribution in [1.82, 2.24) is 9.80 Å². The van der Waals surface area contributed by atoms with Crippen LogP contribution in [-0.2, 0) is 14.3 Å². The molecule has 2 aliphatic heterocycles. The van der Waals surface area contributed by atoms with Crippen molar-refractivity contribution in [2.45, 2.75) is 37.6 Å². The minimum atomic E-state index is -0.697. The molecule has 0 aliphatic carbocycles. The fraction of sp³-hybridized carbons (Fsp3) is 0.448. The molecule has 9 heteroatoms. The summed E-state index contributed by atoms with van der Waals surface area (Å²) in [4.78, 5) is 28.6. The van der Waals surface area contributed by atoms with E-state index in [0.29, 0.717) is 24.6 Å². The smallest absolute Gasteiger partial charge is 0.438 e. The zero-order chi connectivity index (χ0) is 27.1. The van der Waals surface area contributed by atoms with Gasteiger partial charge in [-0.05, 0) is 92.1 Å². The van der Waals surface area contributed by atoms with Crippen molar-refractivity contribution in [2.24, 2.45) is 5.92 Å². The van der Waals surface area contributed by atoms with Crippen molar-refractivity contribution in [3.63, 3.8) is 0 Å². The Kier molecular flexibility index (Phi) is 9.74. The molecule has 2 fully saturated rings. The number of likely N-dealkylation sites (tertiary alicyclic amines) is 2. The molecule has 1 unspecified atom stereocenters. The predicted octanol–water partition coefficient (Wildman–Crippen LogP) is 5.90. The summed E-state index contributed by atoms with van der Waals surface area (Å²) in [5.74, 6) is -0.856. The Labute approximate surface area is 227 Å². The second-order valence-corrected chi connectivity index (χ2v) is 10.3. The van der Waals surface area contributed by atoms with Gasteiger partial charge in [0.2, 0.25) is 5.91 Å². The fourth-order valence-corrected chi connectivity index (χ4v) is 5.63. The third-order valence-electron chi connectivity index (χ3n) is 7.58. The first-order valence-corrected chi connectivity index (χ1v) is 13.3. The molecule has 204 valence electrons. The number of rotatable bonds is 7. The number of ether oxygens (including phenoxy) is 2. The van der Waals surface area contributed by atoms with Crippen LogP contribution in [0.2, 0.25) is 5.02 Å². The Morgan fingerprint density at radius 2 is 1.63 bits per heavy atom. The van der Waals surface area contributed by atoms with E-state index in [4.69, 9.17) is 16.3 Å². The first kappa shape index (κ1) is 28.0. The quantitative estimate of drug-likeness (QED) is 0.319. The zero-order valence-corrected chi connectivity index (χ0v) is 22.2. The highest BCUT2D eigenvalue weighted by Crippen LogP contribution is 2.33. The summed E-state index contributed by atoms with van der Waals surface area (Å²) in [7, 11) is 1.30. The molecule has 0 spiro atoms. The van der Waals surface area contributed by atoms with Gasteiger partial charge in [0.25, 0.3) is 0 Å². The number of nitrogens with zero attached hydrogens (tertiary/aromatic N) is 2. The summed E-state index contributed by atoms with van der Waals surface area (Å²) < 4.78 is 36.9. The van der Waals surface area contributed by atoms with Gasteiger partial charge in [0.15, 0.2) is 0 Å². The number of halogens is 3. The average molecular weight is 547 g/mol. The summed E-state index contributed by atoms with van der Waals surface area (Å²) in [5.41, 5.74) is 1.59. The summed E-state index contributed by atoms with van der Waals surface area (Å²) in [6, 6.07) is 11.2. The van der Waals surface area contributed by atoms with Gasteiger partial charge in [0.05, 0.1) is 7.11 Å². The predicted molar refractivity (Wildman–Crippen MR) is 142 cm³/mol. The average Bonchev–Trinajstić information content (AvgIpc) is 2.92. The minimum Gasteiger partial charge on any atom is -0.438 e. The molecule has 0 radical (unpaired) electrons. The van der Waals surface area contributed by atoms with Crippen LogP contribution in [0.4, 0.5) is 13.6 Å². The second-order valence-electron chi connectivity index (χ2n) is 9.89. The third-order valence-corrected chi connectivity index (χ3v) is 7.83. The fourth-order valence-electron chi connectivity index (χ4n) is 5.50. The van der Waals surface area contributed by atoms with Crippen molar-refractivity contribution in [1.29, 1.82) is 0 Å². The molecule has 2 aliphatic rings. The zero-order valence-electron chi connectivity index (χ0n) is 21.5. The monoisotopic (exact) mass is 546 g/mol. The molecular formula is C29H33ClF2N2O4. The SMILES string of the molecule is COC(=O)OCC(C1CCN(C(=O)/C=C/c2cc(F)cc(F)c2)CC1)N1CCC(c2ccc(Cl)cc2)CC1. The normalized spacial score (nSPS) is 18.5. The van der Waals surface area contributed by atoms with Gasteiger partial charge in [-0.25, -0.2) is 13.6 Å². The van der Waals surface area contributed by atoms with E-state index in [2.05, 4.69) is 21.8 Å². The second kappa shape index (κ2) is 13.2. The third kappa shape index (κ3) is 7.54. The number of piperidine rings is 2. The van der Waals surface area contributed by atoms with Crippen LogP contribution < -0.4 is 0 Å². The lowest BCUT2D eigenvalue weighted by atomic mass is 9.85. The van der Waals surface area contributed by atoms with Gasteiger partial charge in [-0.1, -0.05) is 23.7 Å². The maximum atomic E-state index is 13.4. The lowest BCUT2D eigenvalue weighted by Crippen LogP contribution is -2.51. The van der Waals surface area contributed by atoms with E-state index in [1.165, 1.54) is 37.0 Å². The molecular weight excluding hydrogens is 514 g/mol.